The van der Waals surface area contributed by atoms with Crippen LogP contribution in [0.4, 0.5) is 11.4 Å². The summed E-state index contributed by atoms with van der Waals surface area (Å²) in [5, 5.41) is 4.37. The van der Waals surface area contributed by atoms with E-state index >= 15 is 0 Å². The van der Waals surface area contributed by atoms with Crippen molar-refractivity contribution in [3.63, 3.8) is 0 Å². The molecule has 1 saturated heterocycles. The summed E-state index contributed by atoms with van der Waals surface area (Å²) in [6.07, 6.45) is 0. The van der Waals surface area contributed by atoms with E-state index in [0.29, 0.717) is 15.8 Å². The minimum absolute atomic E-state index is 0.0281. The number of hydrogen-bond donors (Lipinski definition) is 1. The first-order valence-corrected chi connectivity index (χ1v) is 10.8. The number of likely N-dealkylation sites (N-methyl/N-ethyl adjacent to an activating group) is 1. The maximum atomic E-state index is 12.4. The first kappa shape index (κ1) is 20.3. The molecule has 1 aliphatic rings. The lowest BCUT2D eigenvalue weighted by molar-refractivity contribution is -0.113. The number of piperazine rings is 1. The van der Waals surface area contributed by atoms with Crippen LogP contribution >= 0.6 is 35.0 Å². The van der Waals surface area contributed by atoms with E-state index in [4.69, 9.17) is 23.2 Å². The molecule has 1 heterocycles. The van der Waals surface area contributed by atoms with E-state index in [0.717, 1.165) is 48.9 Å². The van der Waals surface area contributed by atoms with Crippen LogP contribution in [0.15, 0.2) is 42.5 Å². The Kier molecular flexibility index (Phi) is 7.30. The average Bonchev–Trinajstić information content (AvgIpc) is 2.63. The van der Waals surface area contributed by atoms with Gasteiger partial charge < -0.3 is 15.1 Å². The van der Waals surface area contributed by atoms with Gasteiger partial charge in [-0.05, 0) is 42.9 Å². The minimum atomic E-state index is -0.0281. The third-order valence-electron chi connectivity index (χ3n) is 4.47. The number of nitrogens with one attached hydrogen (secondary N) is 1. The van der Waals surface area contributed by atoms with Crippen molar-refractivity contribution in [3.8, 4) is 0 Å². The fourth-order valence-corrected chi connectivity index (χ4v) is 4.17. The summed E-state index contributed by atoms with van der Waals surface area (Å²) in [6, 6.07) is 13.4. The molecule has 1 N–H and O–H groups in total. The molecule has 1 amide bonds. The second-order valence-electron chi connectivity index (χ2n) is 6.62. The van der Waals surface area contributed by atoms with Crippen molar-refractivity contribution in [2.45, 2.75) is 5.75 Å². The molecule has 144 valence electrons. The maximum Gasteiger partial charge on any atom is 0.234 e. The molecule has 2 aromatic carbocycles. The molecule has 0 radical (unpaired) electrons. The zero-order chi connectivity index (χ0) is 19.2. The highest BCUT2D eigenvalue weighted by Gasteiger charge is 2.18. The topological polar surface area (TPSA) is 35.6 Å². The van der Waals surface area contributed by atoms with Gasteiger partial charge in [-0.25, -0.2) is 0 Å². The maximum absolute atomic E-state index is 12.4. The Bertz CT molecular complexity index is 795. The molecule has 3 rings (SSSR count). The first-order valence-electron chi connectivity index (χ1n) is 8.86. The average molecular weight is 424 g/mol. The quantitative estimate of drug-likeness (QED) is 0.734. The van der Waals surface area contributed by atoms with Crippen LogP contribution < -0.4 is 10.2 Å². The molecule has 0 spiro atoms. The van der Waals surface area contributed by atoms with E-state index in [9.17, 15) is 4.79 Å². The fourth-order valence-electron chi connectivity index (χ4n) is 3.01. The number of anilines is 2. The van der Waals surface area contributed by atoms with Gasteiger partial charge in [-0.3, -0.25) is 4.79 Å². The Balaban J connectivity index is 1.59. The van der Waals surface area contributed by atoms with Gasteiger partial charge in [0.1, 0.15) is 0 Å². The van der Waals surface area contributed by atoms with Crippen molar-refractivity contribution in [1.82, 2.24) is 4.90 Å². The lowest BCUT2D eigenvalue weighted by Gasteiger charge is -2.35. The Morgan fingerprint density at radius 1 is 1.07 bits per heavy atom. The molecule has 0 unspecified atom stereocenters. The molecule has 7 heteroatoms. The molecular weight excluding hydrogens is 401 g/mol. The van der Waals surface area contributed by atoms with E-state index in [1.54, 1.807) is 11.8 Å². The van der Waals surface area contributed by atoms with Gasteiger partial charge >= 0.3 is 0 Å². The Morgan fingerprint density at radius 3 is 2.56 bits per heavy atom. The number of rotatable bonds is 6. The highest BCUT2D eigenvalue weighted by atomic mass is 35.5. The molecule has 0 aromatic heterocycles. The van der Waals surface area contributed by atoms with Crippen LogP contribution in [0.5, 0.6) is 0 Å². The summed E-state index contributed by atoms with van der Waals surface area (Å²) in [5.74, 6) is 1.09. The summed E-state index contributed by atoms with van der Waals surface area (Å²) in [5.41, 5.74) is 2.92. The van der Waals surface area contributed by atoms with Gasteiger partial charge in [-0.1, -0.05) is 35.3 Å². The van der Waals surface area contributed by atoms with E-state index in [2.05, 4.69) is 22.2 Å². The predicted octanol–water partition coefficient (Wildman–Crippen LogP) is 4.62. The van der Waals surface area contributed by atoms with Gasteiger partial charge in [0.2, 0.25) is 5.91 Å². The minimum Gasteiger partial charge on any atom is -0.367 e. The highest BCUT2D eigenvalue weighted by Crippen LogP contribution is 2.30. The zero-order valence-corrected chi connectivity index (χ0v) is 17.6. The van der Waals surface area contributed by atoms with Crippen molar-refractivity contribution >= 4 is 52.2 Å². The monoisotopic (exact) mass is 423 g/mol. The normalized spacial score (nSPS) is 15.0. The Labute approximate surface area is 174 Å². The van der Waals surface area contributed by atoms with Crippen LogP contribution in [0.25, 0.3) is 0 Å². The predicted molar refractivity (Wildman–Crippen MR) is 117 cm³/mol. The molecule has 0 bridgehead atoms. The molecule has 2 aromatic rings. The lowest BCUT2D eigenvalue weighted by atomic mass is 10.2. The SMILES string of the molecule is CN1CCN(c2ccc(Cl)cc2NC(=O)CSCc2cccc(Cl)c2)CC1. The Morgan fingerprint density at radius 2 is 1.81 bits per heavy atom. The molecular formula is C20H23Cl2N3OS. The molecule has 0 atom stereocenters. The number of hydrogen-bond acceptors (Lipinski definition) is 4. The summed E-state index contributed by atoms with van der Waals surface area (Å²) in [7, 11) is 2.12. The Hall–Kier alpha value is -1.40. The number of thioether (sulfide) groups is 1. The molecule has 0 saturated carbocycles. The largest absolute Gasteiger partial charge is 0.367 e. The summed E-state index contributed by atoms with van der Waals surface area (Å²) in [4.78, 5) is 17.0. The van der Waals surface area contributed by atoms with Crippen molar-refractivity contribution < 1.29 is 4.79 Å². The lowest BCUT2D eigenvalue weighted by Crippen LogP contribution is -2.44. The van der Waals surface area contributed by atoms with Crippen molar-refractivity contribution in [2.24, 2.45) is 0 Å². The summed E-state index contributed by atoms with van der Waals surface area (Å²) >= 11 is 13.7. The summed E-state index contributed by atoms with van der Waals surface area (Å²) in [6.45, 7) is 3.88. The van der Waals surface area contributed by atoms with Gasteiger partial charge in [0.15, 0.2) is 0 Å². The standard InChI is InChI=1S/C20H23Cl2N3OS/c1-24-7-9-25(10-8-24)19-6-5-17(22)12-18(19)23-20(26)14-27-13-15-3-2-4-16(21)11-15/h2-6,11-12H,7-10,13-14H2,1H3,(H,23,26). The molecule has 1 fully saturated rings. The molecule has 27 heavy (non-hydrogen) atoms. The van der Waals surface area contributed by atoms with Crippen LogP contribution in [-0.4, -0.2) is 49.8 Å². The van der Waals surface area contributed by atoms with Crippen LogP contribution in [0, 0.1) is 0 Å². The number of nitrogens with zero attached hydrogens (tertiary/aromatic N) is 2. The van der Waals surface area contributed by atoms with Gasteiger partial charge in [-0.15, -0.1) is 11.8 Å². The third kappa shape index (κ3) is 6.04. The highest BCUT2D eigenvalue weighted by molar-refractivity contribution is 7.99. The number of halogens is 2. The van der Waals surface area contributed by atoms with Crippen LogP contribution in [0.3, 0.4) is 0 Å². The number of carbonyl (C=O) groups is 1. The molecule has 4 nitrogen and oxygen atoms in total. The van der Waals surface area contributed by atoms with E-state index in [1.807, 2.05) is 42.5 Å². The van der Waals surface area contributed by atoms with E-state index < -0.39 is 0 Å². The third-order valence-corrected chi connectivity index (χ3v) is 5.94. The summed E-state index contributed by atoms with van der Waals surface area (Å²) < 4.78 is 0. The first-order chi connectivity index (χ1) is 13.0. The second-order valence-corrected chi connectivity index (χ2v) is 8.48. The number of carbonyl (C=O) groups excluding carboxylic acids is 1. The molecule has 0 aliphatic carbocycles. The van der Waals surface area contributed by atoms with Gasteiger partial charge in [-0.2, -0.15) is 0 Å². The fraction of sp³-hybridized carbons (Fsp3) is 0.350. The van der Waals surface area contributed by atoms with Crippen LogP contribution in [-0.2, 0) is 10.5 Å². The van der Waals surface area contributed by atoms with Crippen molar-refractivity contribution in [3.05, 3.63) is 58.1 Å². The van der Waals surface area contributed by atoms with Crippen molar-refractivity contribution in [2.75, 3.05) is 49.2 Å². The second kappa shape index (κ2) is 9.69. The smallest absolute Gasteiger partial charge is 0.234 e. The van der Waals surface area contributed by atoms with Gasteiger partial charge in [0.25, 0.3) is 0 Å². The van der Waals surface area contributed by atoms with E-state index in [-0.39, 0.29) is 5.91 Å². The van der Waals surface area contributed by atoms with E-state index in [1.165, 1.54) is 0 Å². The van der Waals surface area contributed by atoms with Crippen LogP contribution in [0.2, 0.25) is 10.0 Å². The number of amides is 1. The zero-order valence-electron chi connectivity index (χ0n) is 15.3. The van der Waals surface area contributed by atoms with Crippen LogP contribution in [0.1, 0.15) is 5.56 Å². The van der Waals surface area contributed by atoms with Crippen molar-refractivity contribution in [1.29, 1.82) is 0 Å². The number of benzene rings is 2. The van der Waals surface area contributed by atoms with Gasteiger partial charge in [0, 0.05) is 42.0 Å². The molecule has 1 aliphatic heterocycles. The van der Waals surface area contributed by atoms with Gasteiger partial charge in [0.05, 0.1) is 17.1 Å².